The molecule has 0 fully saturated rings. The minimum Gasteiger partial charge on any atom is -0.398 e. The maximum absolute atomic E-state index is 13.0. The number of rotatable bonds is 3. The summed E-state index contributed by atoms with van der Waals surface area (Å²) in [5, 5.41) is 2.47. The first-order valence-corrected chi connectivity index (χ1v) is 5.40. The Kier molecular flexibility index (Phi) is 4.25. The molecule has 3 N–H and O–H groups in total. The molecule has 2 amide bonds. The standard InChI is InChI=1S/C12H16FN3O2/c1-7(12(18)16(2)3)15-11(17)9-6-8(13)4-5-10(9)14/h4-7H,14H2,1-3H3,(H,15,17). The molecule has 1 aromatic carbocycles. The highest BCUT2D eigenvalue weighted by Gasteiger charge is 2.19. The largest absolute Gasteiger partial charge is 0.398 e. The number of hydrogen-bond acceptors (Lipinski definition) is 3. The molecule has 1 aromatic rings. The zero-order valence-electron chi connectivity index (χ0n) is 10.5. The van der Waals surface area contributed by atoms with E-state index in [0.29, 0.717) is 0 Å². The first kappa shape index (κ1) is 14.0. The van der Waals surface area contributed by atoms with Crippen LogP contribution in [0, 0.1) is 5.82 Å². The van der Waals surface area contributed by atoms with E-state index >= 15 is 0 Å². The van der Waals surface area contributed by atoms with Crippen molar-refractivity contribution in [1.29, 1.82) is 0 Å². The first-order chi connectivity index (χ1) is 8.32. The number of nitrogens with one attached hydrogen (secondary N) is 1. The van der Waals surface area contributed by atoms with Crippen LogP contribution in [0.15, 0.2) is 18.2 Å². The Bertz CT molecular complexity index is 474. The molecule has 0 saturated heterocycles. The van der Waals surface area contributed by atoms with Crippen molar-refractivity contribution in [1.82, 2.24) is 10.2 Å². The normalized spacial score (nSPS) is 11.8. The second-order valence-electron chi connectivity index (χ2n) is 4.16. The van der Waals surface area contributed by atoms with Crippen LogP contribution in [0.2, 0.25) is 0 Å². The zero-order chi connectivity index (χ0) is 13.9. The third kappa shape index (κ3) is 3.19. The van der Waals surface area contributed by atoms with E-state index in [9.17, 15) is 14.0 Å². The average molecular weight is 253 g/mol. The van der Waals surface area contributed by atoms with Crippen LogP contribution in [0.4, 0.5) is 10.1 Å². The second kappa shape index (κ2) is 5.48. The molecular formula is C12H16FN3O2. The first-order valence-electron chi connectivity index (χ1n) is 5.40. The van der Waals surface area contributed by atoms with Crippen molar-refractivity contribution in [3.63, 3.8) is 0 Å². The van der Waals surface area contributed by atoms with E-state index in [4.69, 9.17) is 5.73 Å². The molecule has 1 atom stereocenters. The van der Waals surface area contributed by atoms with Crippen molar-refractivity contribution >= 4 is 17.5 Å². The van der Waals surface area contributed by atoms with Crippen molar-refractivity contribution in [3.8, 4) is 0 Å². The molecular weight excluding hydrogens is 237 g/mol. The maximum atomic E-state index is 13.0. The maximum Gasteiger partial charge on any atom is 0.254 e. The molecule has 0 aromatic heterocycles. The Labute approximate surface area is 105 Å². The number of nitrogens with two attached hydrogens (primary N) is 1. The molecule has 0 aliphatic carbocycles. The Hall–Kier alpha value is -2.11. The van der Waals surface area contributed by atoms with Crippen molar-refractivity contribution in [2.45, 2.75) is 13.0 Å². The number of hydrogen-bond donors (Lipinski definition) is 2. The van der Waals surface area contributed by atoms with Gasteiger partial charge in [0.25, 0.3) is 5.91 Å². The van der Waals surface area contributed by atoms with Gasteiger partial charge in [-0.05, 0) is 25.1 Å². The Morgan fingerprint density at radius 2 is 2.00 bits per heavy atom. The molecule has 18 heavy (non-hydrogen) atoms. The van der Waals surface area contributed by atoms with Crippen molar-refractivity contribution < 1.29 is 14.0 Å². The lowest BCUT2D eigenvalue weighted by Crippen LogP contribution is -2.44. The zero-order valence-corrected chi connectivity index (χ0v) is 10.5. The van der Waals surface area contributed by atoms with Crippen molar-refractivity contribution in [2.75, 3.05) is 19.8 Å². The lowest BCUT2D eigenvalue weighted by Gasteiger charge is -2.18. The van der Waals surface area contributed by atoms with Gasteiger partial charge in [0.2, 0.25) is 5.91 Å². The molecule has 5 nitrogen and oxygen atoms in total. The molecule has 1 unspecified atom stereocenters. The average Bonchev–Trinajstić information content (AvgIpc) is 2.30. The Morgan fingerprint density at radius 3 is 2.56 bits per heavy atom. The van der Waals surface area contributed by atoms with E-state index < -0.39 is 17.8 Å². The number of likely N-dealkylation sites (N-methyl/N-ethyl adjacent to an activating group) is 1. The summed E-state index contributed by atoms with van der Waals surface area (Å²) in [7, 11) is 3.17. The quantitative estimate of drug-likeness (QED) is 0.775. The molecule has 0 radical (unpaired) electrons. The molecule has 98 valence electrons. The molecule has 0 heterocycles. The van der Waals surface area contributed by atoms with Crippen molar-refractivity contribution in [3.05, 3.63) is 29.6 Å². The molecule has 0 aliphatic rings. The van der Waals surface area contributed by atoms with Crippen LogP contribution in [-0.2, 0) is 4.79 Å². The topological polar surface area (TPSA) is 75.4 Å². The summed E-state index contributed by atoms with van der Waals surface area (Å²) in [5.74, 6) is -1.38. The van der Waals surface area contributed by atoms with Gasteiger partial charge in [-0.2, -0.15) is 0 Å². The number of benzene rings is 1. The fourth-order valence-electron chi connectivity index (χ4n) is 1.45. The number of amides is 2. The van der Waals surface area contributed by atoms with Gasteiger partial charge in [-0.3, -0.25) is 9.59 Å². The highest BCUT2D eigenvalue weighted by atomic mass is 19.1. The molecule has 0 bridgehead atoms. The van der Waals surface area contributed by atoms with Gasteiger partial charge in [0.1, 0.15) is 11.9 Å². The summed E-state index contributed by atoms with van der Waals surface area (Å²) in [5.41, 5.74) is 5.77. The highest BCUT2D eigenvalue weighted by Crippen LogP contribution is 2.13. The number of carbonyl (C=O) groups excluding carboxylic acids is 2. The van der Waals surface area contributed by atoms with E-state index in [1.165, 1.54) is 17.0 Å². The summed E-state index contributed by atoms with van der Waals surface area (Å²) in [6.07, 6.45) is 0. The summed E-state index contributed by atoms with van der Waals surface area (Å²) >= 11 is 0. The minimum atomic E-state index is -0.699. The monoisotopic (exact) mass is 253 g/mol. The van der Waals surface area contributed by atoms with Gasteiger partial charge in [0, 0.05) is 19.8 Å². The third-order valence-corrected chi connectivity index (χ3v) is 2.42. The van der Waals surface area contributed by atoms with E-state index in [-0.39, 0.29) is 17.2 Å². The van der Waals surface area contributed by atoms with Gasteiger partial charge < -0.3 is 16.0 Å². The van der Waals surface area contributed by atoms with Crippen LogP contribution in [-0.4, -0.2) is 36.9 Å². The van der Waals surface area contributed by atoms with E-state index in [1.54, 1.807) is 21.0 Å². The number of nitrogen functional groups attached to an aromatic ring is 1. The van der Waals surface area contributed by atoms with Crippen LogP contribution >= 0.6 is 0 Å². The van der Waals surface area contributed by atoms with Gasteiger partial charge in [-0.1, -0.05) is 0 Å². The number of carbonyl (C=O) groups is 2. The number of nitrogens with zero attached hydrogens (tertiary/aromatic N) is 1. The molecule has 0 aliphatic heterocycles. The molecule has 6 heteroatoms. The smallest absolute Gasteiger partial charge is 0.254 e. The minimum absolute atomic E-state index is 0.0217. The van der Waals surface area contributed by atoms with Crippen LogP contribution in [0.5, 0.6) is 0 Å². The lowest BCUT2D eigenvalue weighted by molar-refractivity contribution is -0.130. The van der Waals surface area contributed by atoms with Gasteiger partial charge in [0.15, 0.2) is 0 Å². The van der Waals surface area contributed by atoms with Gasteiger partial charge in [-0.15, -0.1) is 0 Å². The van der Waals surface area contributed by atoms with Crippen LogP contribution in [0.3, 0.4) is 0 Å². The number of anilines is 1. The van der Waals surface area contributed by atoms with Crippen LogP contribution in [0.1, 0.15) is 17.3 Å². The predicted molar refractivity (Wildman–Crippen MR) is 66.4 cm³/mol. The second-order valence-corrected chi connectivity index (χ2v) is 4.16. The Morgan fingerprint density at radius 1 is 1.39 bits per heavy atom. The van der Waals surface area contributed by atoms with E-state index in [2.05, 4.69) is 5.32 Å². The summed E-state index contributed by atoms with van der Waals surface area (Å²) in [4.78, 5) is 24.8. The van der Waals surface area contributed by atoms with Gasteiger partial charge in [-0.25, -0.2) is 4.39 Å². The van der Waals surface area contributed by atoms with Crippen LogP contribution < -0.4 is 11.1 Å². The Balaban J connectivity index is 2.83. The number of halogens is 1. The molecule has 1 rings (SSSR count). The SMILES string of the molecule is CC(NC(=O)c1cc(F)ccc1N)C(=O)N(C)C. The summed E-state index contributed by atoms with van der Waals surface area (Å²) in [6, 6.07) is 2.82. The summed E-state index contributed by atoms with van der Waals surface area (Å²) in [6.45, 7) is 1.55. The molecule has 0 saturated carbocycles. The van der Waals surface area contributed by atoms with E-state index in [0.717, 1.165) is 6.07 Å². The van der Waals surface area contributed by atoms with Gasteiger partial charge >= 0.3 is 0 Å². The van der Waals surface area contributed by atoms with Gasteiger partial charge in [0.05, 0.1) is 5.56 Å². The van der Waals surface area contributed by atoms with Crippen molar-refractivity contribution in [2.24, 2.45) is 0 Å². The fourth-order valence-corrected chi connectivity index (χ4v) is 1.45. The lowest BCUT2D eigenvalue weighted by atomic mass is 10.1. The third-order valence-electron chi connectivity index (χ3n) is 2.42. The molecule has 0 spiro atoms. The summed E-state index contributed by atoms with van der Waals surface area (Å²) < 4.78 is 13.0. The van der Waals surface area contributed by atoms with Crippen LogP contribution in [0.25, 0.3) is 0 Å². The van der Waals surface area contributed by atoms with E-state index in [1.807, 2.05) is 0 Å². The highest BCUT2D eigenvalue weighted by molar-refractivity contribution is 6.01. The predicted octanol–water partition coefficient (Wildman–Crippen LogP) is 0.614. The fraction of sp³-hybridized carbons (Fsp3) is 0.333.